The van der Waals surface area contributed by atoms with Gasteiger partial charge in [0.05, 0.1) is 0 Å². The zero-order valence-electron chi connectivity index (χ0n) is 10.9. The summed E-state index contributed by atoms with van der Waals surface area (Å²) in [4.78, 5) is 0. The fourth-order valence-electron chi connectivity index (χ4n) is 1.60. The summed E-state index contributed by atoms with van der Waals surface area (Å²) in [5.41, 5.74) is 2.74. The minimum Gasteiger partial charge on any atom is -0.100 e. The van der Waals surface area contributed by atoms with Crippen LogP contribution in [0.2, 0.25) is 0 Å². The molecule has 0 atom stereocenters. The first kappa shape index (κ1) is 14.5. The van der Waals surface area contributed by atoms with Crippen LogP contribution in [0.5, 0.6) is 0 Å². The maximum absolute atomic E-state index is 4.10. The van der Waals surface area contributed by atoms with Crippen LogP contribution >= 0.6 is 0 Å². The minimum absolute atomic E-state index is 0.661. The van der Waals surface area contributed by atoms with E-state index in [1.54, 1.807) is 0 Å². The lowest BCUT2D eigenvalue weighted by atomic mass is 9.98. The van der Waals surface area contributed by atoms with Crippen molar-refractivity contribution >= 4 is 0 Å². The summed E-state index contributed by atoms with van der Waals surface area (Å²) in [6.07, 6.45) is 9.17. The highest BCUT2D eigenvalue weighted by atomic mass is 14.1. The van der Waals surface area contributed by atoms with Crippen LogP contribution in [0.1, 0.15) is 65.7 Å². The molecule has 0 aromatic carbocycles. The van der Waals surface area contributed by atoms with Crippen molar-refractivity contribution in [3.05, 3.63) is 24.3 Å². The molecule has 0 nitrogen and oxygen atoms in total. The van der Waals surface area contributed by atoms with Crippen LogP contribution in [0.3, 0.4) is 0 Å². The predicted octanol–water partition coefficient (Wildman–Crippen LogP) is 5.51. The summed E-state index contributed by atoms with van der Waals surface area (Å²) in [6, 6.07) is 0. The van der Waals surface area contributed by atoms with Gasteiger partial charge in [-0.1, -0.05) is 50.8 Å². The second kappa shape index (κ2) is 8.76. The molecule has 0 aliphatic carbocycles. The standard InChI is InChI=1S/C15H28/c1-13(2)11-9-7-6-8-10-12-15(5)14(3)4/h14H,1,5-12H2,2-4H3. The van der Waals surface area contributed by atoms with E-state index < -0.39 is 0 Å². The van der Waals surface area contributed by atoms with Gasteiger partial charge in [0.25, 0.3) is 0 Å². The van der Waals surface area contributed by atoms with E-state index in [2.05, 4.69) is 33.9 Å². The van der Waals surface area contributed by atoms with Crippen molar-refractivity contribution in [3.63, 3.8) is 0 Å². The lowest BCUT2D eigenvalue weighted by Crippen LogP contribution is -1.92. The Morgan fingerprint density at radius 3 is 1.80 bits per heavy atom. The second-order valence-corrected chi connectivity index (χ2v) is 5.04. The van der Waals surface area contributed by atoms with Gasteiger partial charge in [0, 0.05) is 0 Å². The molecule has 0 fully saturated rings. The molecule has 0 rings (SSSR count). The first-order valence-electron chi connectivity index (χ1n) is 6.36. The number of hydrogen-bond donors (Lipinski definition) is 0. The molecule has 0 radical (unpaired) electrons. The van der Waals surface area contributed by atoms with Crippen LogP contribution in [-0.4, -0.2) is 0 Å². The van der Waals surface area contributed by atoms with Crippen LogP contribution in [-0.2, 0) is 0 Å². The van der Waals surface area contributed by atoms with Gasteiger partial charge in [-0.2, -0.15) is 0 Å². The number of rotatable bonds is 9. The summed E-state index contributed by atoms with van der Waals surface area (Å²) < 4.78 is 0. The monoisotopic (exact) mass is 208 g/mol. The second-order valence-electron chi connectivity index (χ2n) is 5.04. The van der Waals surface area contributed by atoms with Crippen molar-refractivity contribution < 1.29 is 0 Å². The normalized spacial score (nSPS) is 10.7. The molecule has 0 saturated heterocycles. The molecule has 0 aromatic rings. The summed E-state index contributed by atoms with van der Waals surface area (Å²) in [5.74, 6) is 0.661. The molecule has 88 valence electrons. The van der Waals surface area contributed by atoms with Gasteiger partial charge in [0.15, 0.2) is 0 Å². The van der Waals surface area contributed by atoms with Gasteiger partial charge in [0.1, 0.15) is 0 Å². The van der Waals surface area contributed by atoms with Gasteiger partial charge in [-0.25, -0.2) is 0 Å². The van der Waals surface area contributed by atoms with E-state index in [1.165, 1.54) is 56.1 Å². The van der Waals surface area contributed by atoms with Gasteiger partial charge in [0.2, 0.25) is 0 Å². The molecule has 0 aliphatic rings. The molecular formula is C15H28. The molecule has 0 saturated carbocycles. The fourth-order valence-corrected chi connectivity index (χ4v) is 1.60. The summed E-state index contributed by atoms with van der Waals surface area (Å²) >= 11 is 0. The van der Waals surface area contributed by atoms with Gasteiger partial charge >= 0.3 is 0 Å². The lowest BCUT2D eigenvalue weighted by molar-refractivity contribution is 0.594. The highest BCUT2D eigenvalue weighted by Crippen LogP contribution is 2.16. The van der Waals surface area contributed by atoms with Crippen molar-refractivity contribution in [2.24, 2.45) is 5.92 Å². The molecule has 0 unspecified atom stereocenters. The predicted molar refractivity (Wildman–Crippen MR) is 71.1 cm³/mol. The third-order valence-corrected chi connectivity index (χ3v) is 2.92. The van der Waals surface area contributed by atoms with E-state index in [4.69, 9.17) is 0 Å². The van der Waals surface area contributed by atoms with E-state index in [-0.39, 0.29) is 0 Å². The van der Waals surface area contributed by atoms with Crippen molar-refractivity contribution in [2.45, 2.75) is 65.7 Å². The van der Waals surface area contributed by atoms with Crippen molar-refractivity contribution in [3.8, 4) is 0 Å². The first-order chi connectivity index (χ1) is 7.04. The molecule has 0 amide bonds. The van der Waals surface area contributed by atoms with Crippen molar-refractivity contribution in [1.29, 1.82) is 0 Å². The lowest BCUT2D eigenvalue weighted by Gasteiger charge is -2.08. The van der Waals surface area contributed by atoms with Gasteiger partial charge in [-0.15, -0.1) is 6.58 Å². The van der Waals surface area contributed by atoms with Crippen LogP contribution in [0.4, 0.5) is 0 Å². The average Bonchev–Trinajstić information content (AvgIpc) is 2.15. The number of unbranched alkanes of at least 4 members (excludes halogenated alkanes) is 4. The smallest absolute Gasteiger partial charge is 0.0263 e. The van der Waals surface area contributed by atoms with Gasteiger partial charge in [-0.05, 0) is 38.5 Å². The third-order valence-electron chi connectivity index (χ3n) is 2.92. The van der Waals surface area contributed by atoms with Crippen molar-refractivity contribution in [2.75, 3.05) is 0 Å². The Morgan fingerprint density at radius 2 is 1.33 bits per heavy atom. The molecule has 15 heavy (non-hydrogen) atoms. The molecule has 0 heteroatoms. The fraction of sp³-hybridized carbons (Fsp3) is 0.733. The Labute approximate surface area is 96.5 Å². The summed E-state index contributed by atoms with van der Waals surface area (Å²) in [5, 5.41) is 0. The maximum atomic E-state index is 4.10. The molecule has 0 aliphatic heterocycles. The quantitative estimate of drug-likeness (QED) is 0.346. The Bertz CT molecular complexity index is 186. The largest absolute Gasteiger partial charge is 0.100 e. The van der Waals surface area contributed by atoms with E-state index in [0.29, 0.717) is 5.92 Å². The summed E-state index contributed by atoms with van der Waals surface area (Å²) in [7, 11) is 0. The SMILES string of the molecule is C=C(C)CCCCCCCC(=C)C(C)C. The third kappa shape index (κ3) is 9.78. The van der Waals surface area contributed by atoms with Crippen LogP contribution in [0.15, 0.2) is 24.3 Å². The topological polar surface area (TPSA) is 0 Å². The van der Waals surface area contributed by atoms with E-state index in [9.17, 15) is 0 Å². The van der Waals surface area contributed by atoms with Crippen LogP contribution in [0.25, 0.3) is 0 Å². The highest BCUT2D eigenvalue weighted by molar-refractivity contribution is 4.96. The maximum Gasteiger partial charge on any atom is -0.0263 e. The Balaban J connectivity index is 3.18. The van der Waals surface area contributed by atoms with Gasteiger partial charge < -0.3 is 0 Å². The minimum atomic E-state index is 0.661. The van der Waals surface area contributed by atoms with Crippen molar-refractivity contribution in [1.82, 2.24) is 0 Å². The number of hydrogen-bond acceptors (Lipinski definition) is 0. The highest BCUT2D eigenvalue weighted by Gasteiger charge is 1.99. The van der Waals surface area contributed by atoms with E-state index in [1.807, 2.05) is 0 Å². The van der Waals surface area contributed by atoms with Crippen LogP contribution in [0, 0.1) is 5.92 Å². The van der Waals surface area contributed by atoms with E-state index >= 15 is 0 Å². The molecular weight excluding hydrogens is 180 g/mol. The Kier molecular flexibility index (Phi) is 8.46. The summed E-state index contributed by atoms with van der Waals surface area (Å²) in [6.45, 7) is 14.6. The van der Waals surface area contributed by atoms with Gasteiger partial charge in [-0.3, -0.25) is 0 Å². The molecule has 0 N–H and O–H groups in total. The number of allylic oxidation sites excluding steroid dienone is 2. The zero-order valence-corrected chi connectivity index (χ0v) is 10.9. The Hall–Kier alpha value is -0.520. The van der Waals surface area contributed by atoms with Crippen LogP contribution < -0.4 is 0 Å². The zero-order chi connectivity index (χ0) is 11.7. The first-order valence-corrected chi connectivity index (χ1v) is 6.36. The van der Waals surface area contributed by atoms with E-state index in [0.717, 1.165) is 0 Å². The molecule has 0 spiro atoms. The molecule has 0 heterocycles. The molecule has 0 bridgehead atoms. The Morgan fingerprint density at radius 1 is 0.867 bits per heavy atom. The average molecular weight is 208 g/mol. The molecule has 0 aromatic heterocycles.